The Kier molecular flexibility index (Phi) is 5.01. The zero-order chi connectivity index (χ0) is 18.7. The van der Waals surface area contributed by atoms with E-state index in [1.165, 1.54) is 6.20 Å². The summed E-state index contributed by atoms with van der Waals surface area (Å²) < 4.78 is 5.58. The van der Waals surface area contributed by atoms with Crippen LogP contribution in [0, 0.1) is 6.92 Å². The van der Waals surface area contributed by atoms with Crippen molar-refractivity contribution in [2.24, 2.45) is 0 Å². The van der Waals surface area contributed by atoms with Gasteiger partial charge in [0.1, 0.15) is 6.04 Å². The van der Waals surface area contributed by atoms with E-state index in [1.807, 2.05) is 26.0 Å². The highest BCUT2D eigenvalue weighted by Crippen LogP contribution is 2.18. The Hall–Kier alpha value is -3.16. The molecule has 0 bridgehead atoms. The van der Waals surface area contributed by atoms with E-state index in [-0.39, 0.29) is 11.8 Å². The molecule has 0 spiro atoms. The minimum Gasteiger partial charge on any atom is -0.423 e. The predicted molar refractivity (Wildman–Crippen MR) is 94.3 cm³/mol. The van der Waals surface area contributed by atoms with Crippen molar-refractivity contribution in [1.29, 1.82) is 0 Å². The molecular weight excluding hydrogens is 332 g/mol. The van der Waals surface area contributed by atoms with Crippen molar-refractivity contribution >= 4 is 5.91 Å². The summed E-state index contributed by atoms with van der Waals surface area (Å²) in [5.41, 5.74) is 1.77. The van der Waals surface area contributed by atoms with Gasteiger partial charge in [-0.3, -0.25) is 9.78 Å². The fraction of sp³-hybridized carbons (Fsp3) is 0.333. The first kappa shape index (κ1) is 17.7. The number of carbonyl (C=O) groups excluding carboxylic acids is 1. The van der Waals surface area contributed by atoms with Gasteiger partial charge in [-0.05, 0) is 26.0 Å². The van der Waals surface area contributed by atoms with Crippen molar-refractivity contribution in [2.75, 3.05) is 0 Å². The second-order valence-electron chi connectivity index (χ2n) is 6.26. The number of nitrogens with zero attached hydrogens (tertiary/aromatic N) is 5. The van der Waals surface area contributed by atoms with E-state index in [0.717, 1.165) is 5.56 Å². The molecule has 1 atom stereocenters. The van der Waals surface area contributed by atoms with E-state index in [2.05, 4.69) is 30.5 Å². The molecule has 0 aliphatic rings. The minimum atomic E-state index is -0.417. The number of amides is 1. The van der Waals surface area contributed by atoms with Crippen LogP contribution in [0.25, 0.3) is 11.4 Å². The van der Waals surface area contributed by atoms with Crippen molar-refractivity contribution in [3.05, 3.63) is 53.8 Å². The van der Waals surface area contributed by atoms with Gasteiger partial charge >= 0.3 is 0 Å². The molecule has 26 heavy (non-hydrogen) atoms. The molecule has 0 saturated heterocycles. The molecule has 134 valence electrons. The highest BCUT2D eigenvalue weighted by molar-refractivity contribution is 5.95. The molecule has 1 unspecified atom stereocenters. The lowest BCUT2D eigenvalue weighted by atomic mass is 10.2. The molecule has 0 saturated carbocycles. The van der Waals surface area contributed by atoms with E-state index in [1.54, 1.807) is 26.2 Å². The molecular formula is C18H20N6O2. The second kappa shape index (κ2) is 7.38. The van der Waals surface area contributed by atoms with Gasteiger partial charge < -0.3 is 9.73 Å². The quantitative estimate of drug-likeness (QED) is 0.752. The number of aryl methyl sites for hydroxylation is 1. The van der Waals surface area contributed by atoms with Gasteiger partial charge in [0.15, 0.2) is 5.82 Å². The highest BCUT2D eigenvalue weighted by atomic mass is 16.4. The molecule has 0 aliphatic heterocycles. The largest absolute Gasteiger partial charge is 0.423 e. The first-order chi connectivity index (χ1) is 12.5. The first-order valence-electron chi connectivity index (χ1n) is 8.34. The third kappa shape index (κ3) is 3.74. The maximum Gasteiger partial charge on any atom is 0.255 e. The van der Waals surface area contributed by atoms with Crippen molar-refractivity contribution < 1.29 is 9.21 Å². The smallest absolute Gasteiger partial charge is 0.255 e. The zero-order valence-electron chi connectivity index (χ0n) is 15.1. The van der Waals surface area contributed by atoms with Gasteiger partial charge in [-0.2, -0.15) is 0 Å². The fourth-order valence-corrected chi connectivity index (χ4v) is 2.32. The fourth-order valence-electron chi connectivity index (χ4n) is 2.32. The summed E-state index contributed by atoms with van der Waals surface area (Å²) in [5, 5.41) is 10.8. The summed E-state index contributed by atoms with van der Waals surface area (Å²) in [6, 6.07) is 3.26. The molecule has 3 aromatic heterocycles. The lowest BCUT2D eigenvalue weighted by Gasteiger charge is -2.11. The summed E-state index contributed by atoms with van der Waals surface area (Å²) >= 11 is 0. The lowest BCUT2D eigenvalue weighted by Crippen LogP contribution is -2.28. The summed E-state index contributed by atoms with van der Waals surface area (Å²) in [5.74, 6) is 1.28. The van der Waals surface area contributed by atoms with Gasteiger partial charge in [-0.15, -0.1) is 10.2 Å². The topological polar surface area (TPSA) is 107 Å². The molecule has 0 fully saturated rings. The average Bonchev–Trinajstić information content (AvgIpc) is 3.13. The van der Waals surface area contributed by atoms with E-state index >= 15 is 0 Å². The predicted octanol–water partition coefficient (Wildman–Crippen LogP) is 2.84. The third-order valence-electron chi connectivity index (χ3n) is 3.81. The zero-order valence-corrected chi connectivity index (χ0v) is 15.1. The summed E-state index contributed by atoms with van der Waals surface area (Å²) in [6.45, 7) is 7.48. The van der Waals surface area contributed by atoms with Crippen LogP contribution in [0.3, 0.4) is 0 Å². The monoisotopic (exact) mass is 352 g/mol. The Labute approximate surface area is 151 Å². The van der Waals surface area contributed by atoms with Crippen LogP contribution in [0.1, 0.15) is 60.6 Å². The van der Waals surface area contributed by atoms with E-state index in [9.17, 15) is 4.79 Å². The molecule has 0 radical (unpaired) electrons. The van der Waals surface area contributed by atoms with Crippen molar-refractivity contribution in [2.45, 2.75) is 39.7 Å². The maximum absolute atomic E-state index is 12.5. The number of rotatable bonds is 5. The minimum absolute atomic E-state index is 0.134. The van der Waals surface area contributed by atoms with Crippen LogP contribution in [0.2, 0.25) is 0 Å². The van der Waals surface area contributed by atoms with Crippen LogP contribution in [0.5, 0.6) is 0 Å². The Morgan fingerprint density at radius 3 is 2.54 bits per heavy atom. The van der Waals surface area contributed by atoms with Crippen LogP contribution in [-0.4, -0.2) is 31.1 Å². The van der Waals surface area contributed by atoms with Crippen molar-refractivity contribution in [3.63, 3.8) is 0 Å². The van der Waals surface area contributed by atoms with Gasteiger partial charge in [0.25, 0.3) is 5.91 Å². The molecule has 3 aromatic rings. The van der Waals surface area contributed by atoms with Gasteiger partial charge in [0, 0.05) is 30.1 Å². The van der Waals surface area contributed by atoms with Crippen LogP contribution in [0.4, 0.5) is 0 Å². The number of aromatic nitrogens is 5. The van der Waals surface area contributed by atoms with Crippen LogP contribution in [0.15, 0.2) is 35.1 Å². The van der Waals surface area contributed by atoms with Crippen LogP contribution in [-0.2, 0) is 0 Å². The summed E-state index contributed by atoms with van der Waals surface area (Å²) in [7, 11) is 0. The number of carbonyl (C=O) groups is 1. The van der Waals surface area contributed by atoms with E-state index in [4.69, 9.17) is 4.42 Å². The van der Waals surface area contributed by atoms with Gasteiger partial charge in [-0.25, -0.2) is 9.97 Å². The number of hydrogen-bond acceptors (Lipinski definition) is 7. The van der Waals surface area contributed by atoms with Crippen molar-refractivity contribution in [1.82, 2.24) is 30.5 Å². The Bertz CT molecular complexity index is 907. The van der Waals surface area contributed by atoms with Gasteiger partial charge in [0.05, 0.1) is 11.3 Å². The normalized spacial score (nSPS) is 12.2. The number of nitrogens with one attached hydrogen (secondary N) is 1. The van der Waals surface area contributed by atoms with Gasteiger partial charge in [0.2, 0.25) is 11.8 Å². The highest BCUT2D eigenvalue weighted by Gasteiger charge is 2.20. The molecule has 0 aliphatic carbocycles. The average molecular weight is 352 g/mol. The van der Waals surface area contributed by atoms with E-state index in [0.29, 0.717) is 28.9 Å². The Morgan fingerprint density at radius 2 is 1.92 bits per heavy atom. The molecule has 3 heterocycles. The van der Waals surface area contributed by atoms with E-state index < -0.39 is 6.04 Å². The summed E-state index contributed by atoms with van der Waals surface area (Å²) in [4.78, 5) is 25.3. The molecule has 8 nitrogen and oxygen atoms in total. The second-order valence-corrected chi connectivity index (χ2v) is 6.26. The standard InChI is InChI=1S/C18H20N6O2/c1-10(2)17-23-24-18(26-17)12(4)22-16(25)14-9-20-15(21-11(14)3)13-6-5-7-19-8-13/h5-10,12H,1-4H3,(H,22,25). The Morgan fingerprint density at radius 1 is 1.15 bits per heavy atom. The molecule has 1 amide bonds. The maximum atomic E-state index is 12.5. The first-order valence-corrected chi connectivity index (χ1v) is 8.34. The lowest BCUT2D eigenvalue weighted by molar-refractivity contribution is 0.0932. The number of hydrogen-bond donors (Lipinski definition) is 1. The number of pyridine rings is 1. The summed E-state index contributed by atoms with van der Waals surface area (Å²) in [6.07, 6.45) is 4.88. The molecule has 3 rings (SSSR count). The molecule has 8 heteroatoms. The van der Waals surface area contributed by atoms with Gasteiger partial charge in [-0.1, -0.05) is 13.8 Å². The molecule has 1 N–H and O–H groups in total. The third-order valence-corrected chi connectivity index (χ3v) is 3.81. The van der Waals surface area contributed by atoms with Crippen LogP contribution < -0.4 is 5.32 Å². The molecule has 0 aromatic carbocycles. The SMILES string of the molecule is Cc1nc(-c2cccnc2)ncc1C(=O)NC(C)c1nnc(C(C)C)o1. The Balaban J connectivity index is 1.75. The van der Waals surface area contributed by atoms with Crippen LogP contribution >= 0.6 is 0 Å². The van der Waals surface area contributed by atoms with Crippen molar-refractivity contribution in [3.8, 4) is 11.4 Å².